The van der Waals surface area contributed by atoms with E-state index >= 15 is 0 Å². The van der Waals surface area contributed by atoms with Crippen LogP contribution in [0.4, 0.5) is 0 Å². The van der Waals surface area contributed by atoms with E-state index in [2.05, 4.69) is 24.3 Å². The third kappa shape index (κ3) is 4.85. The average Bonchev–Trinajstić information content (AvgIpc) is 2.63. The van der Waals surface area contributed by atoms with Crippen LogP contribution in [0.5, 0.6) is 0 Å². The van der Waals surface area contributed by atoms with Crippen LogP contribution in [0.15, 0.2) is 24.3 Å². The Morgan fingerprint density at radius 3 is 2.36 bits per heavy atom. The number of aliphatic carboxylic acids is 1. The van der Waals surface area contributed by atoms with Crippen molar-refractivity contribution in [1.29, 1.82) is 0 Å². The Labute approximate surface area is 85.3 Å². The molecule has 0 amide bonds. The standard InChI is InChI=1S/C12H18O2/c13-12(14)10-4-2-1-3-7-11-8-5-6-9-11/h5-6,8-9,11H,1-4,7,10H2,(H,13,14). The van der Waals surface area contributed by atoms with Crippen molar-refractivity contribution in [2.24, 2.45) is 5.92 Å². The molecular formula is C12H18O2. The van der Waals surface area contributed by atoms with Gasteiger partial charge >= 0.3 is 5.97 Å². The van der Waals surface area contributed by atoms with E-state index in [1.54, 1.807) is 0 Å². The van der Waals surface area contributed by atoms with Crippen LogP contribution in [-0.4, -0.2) is 11.1 Å². The minimum atomic E-state index is -0.674. The molecule has 0 unspecified atom stereocenters. The Morgan fingerprint density at radius 1 is 1.07 bits per heavy atom. The van der Waals surface area contributed by atoms with Crippen molar-refractivity contribution in [3.8, 4) is 0 Å². The topological polar surface area (TPSA) is 37.3 Å². The largest absolute Gasteiger partial charge is 0.481 e. The van der Waals surface area contributed by atoms with Crippen molar-refractivity contribution in [1.82, 2.24) is 0 Å². The molecule has 0 aliphatic heterocycles. The summed E-state index contributed by atoms with van der Waals surface area (Å²) in [5.74, 6) is -0.0406. The first-order valence-corrected chi connectivity index (χ1v) is 5.36. The molecule has 0 atom stereocenters. The zero-order chi connectivity index (χ0) is 10.2. The highest BCUT2D eigenvalue weighted by molar-refractivity contribution is 5.66. The molecule has 0 bridgehead atoms. The summed E-state index contributed by atoms with van der Waals surface area (Å²) in [6.07, 6.45) is 14.4. The molecular weight excluding hydrogens is 176 g/mol. The van der Waals surface area contributed by atoms with Crippen LogP contribution in [0, 0.1) is 5.92 Å². The molecule has 0 saturated carbocycles. The number of carboxylic acids is 1. The number of unbranched alkanes of at least 4 members (excludes halogenated alkanes) is 3. The number of hydrogen-bond donors (Lipinski definition) is 1. The highest BCUT2D eigenvalue weighted by Gasteiger charge is 2.02. The smallest absolute Gasteiger partial charge is 0.303 e. The van der Waals surface area contributed by atoms with E-state index in [0.717, 1.165) is 19.3 Å². The lowest BCUT2D eigenvalue weighted by atomic mass is 10.0. The normalized spacial score (nSPS) is 15.1. The molecule has 1 aliphatic carbocycles. The lowest BCUT2D eigenvalue weighted by molar-refractivity contribution is -0.137. The van der Waals surface area contributed by atoms with Gasteiger partial charge in [-0.2, -0.15) is 0 Å². The molecule has 0 saturated heterocycles. The van der Waals surface area contributed by atoms with Crippen molar-refractivity contribution >= 4 is 5.97 Å². The zero-order valence-corrected chi connectivity index (χ0v) is 8.48. The molecule has 0 fully saturated rings. The second-order valence-corrected chi connectivity index (χ2v) is 3.78. The number of carboxylic acid groups (broad SMARTS) is 1. The summed E-state index contributed by atoms with van der Waals surface area (Å²) in [4.78, 5) is 10.2. The average molecular weight is 194 g/mol. The molecule has 0 heterocycles. The third-order valence-electron chi connectivity index (χ3n) is 2.51. The van der Waals surface area contributed by atoms with Gasteiger partial charge in [0.25, 0.3) is 0 Å². The molecule has 1 N–H and O–H groups in total. The molecule has 0 aromatic rings. The summed E-state index contributed by atoms with van der Waals surface area (Å²) in [5.41, 5.74) is 0. The first-order chi connectivity index (χ1) is 6.79. The summed E-state index contributed by atoms with van der Waals surface area (Å²) >= 11 is 0. The highest BCUT2D eigenvalue weighted by Crippen LogP contribution is 2.17. The molecule has 14 heavy (non-hydrogen) atoms. The molecule has 1 aliphatic rings. The predicted molar refractivity (Wildman–Crippen MR) is 57.1 cm³/mol. The van der Waals surface area contributed by atoms with Gasteiger partial charge in [0.1, 0.15) is 0 Å². The van der Waals surface area contributed by atoms with Gasteiger partial charge in [-0.3, -0.25) is 4.79 Å². The van der Waals surface area contributed by atoms with Gasteiger partial charge in [0.15, 0.2) is 0 Å². The molecule has 2 nitrogen and oxygen atoms in total. The van der Waals surface area contributed by atoms with Gasteiger partial charge in [0.05, 0.1) is 0 Å². The van der Waals surface area contributed by atoms with E-state index < -0.39 is 5.97 Å². The van der Waals surface area contributed by atoms with Crippen LogP contribution < -0.4 is 0 Å². The predicted octanol–water partition coefficient (Wildman–Crippen LogP) is 3.15. The summed E-state index contributed by atoms with van der Waals surface area (Å²) in [5, 5.41) is 8.42. The van der Waals surface area contributed by atoms with Crippen LogP contribution in [0.1, 0.15) is 38.5 Å². The lowest BCUT2D eigenvalue weighted by Gasteiger charge is -2.04. The molecule has 2 heteroatoms. The van der Waals surface area contributed by atoms with E-state index in [4.69, 9.17) is 5.11 Å². The second-order valence-electron chi connectivity index (χ2n) is 3.78. The fraction of sp³-hybridized carbons (Fsp3) is 0.583. The van der Waals surface area contributed by atoms with Crippen LogP contribution in [-0.2, 0) is 4.79 Å². The number of allylic oxidation sites excluding steroid dienone is 4. The fourth-order valence-electron chi connectivity index (χ4n) is 1.68. The second kappa shape index (κ2) is 6.41. The van der Waals surface area contributed by atoms with E-state index in [0.29, 0.717) is 12.3 Å². The van der Waals surface area contributed by atoms with Crippen LogP contribution in [0.2, 0.25) is 0 Å². The monoisotopic (exact) mass is 194 g/mol. The first-order valence-electron chi connectivity index (χ1n) is 5.36. The van der Waals surface area contributed by atoms with Gasteiger partial charge in [0, 0.05) is 6.42 Å². The third-order valence-corrected chi connectivity index (χ3v) is 2.51. The Bertz CT molecular complexity index is 216. The maximum atomic E-state index is 10.2. The van der Waals surface area contributed by atoms with Gasteiger partial charge in [-0.1, -0.05) is 43.6 Å². The summed E-state index contributed by atoms with van der Waals surface area (Å²) in [6, 6.07) is 0. The maximum Gasteiger partial charge on any atom is 0.303 e. The van der Waals surface area contributed by atoms with Gasteiger partial charge in [-0.05, 0) is 18.8 Å². The van der Waals surface area contributed by atoms with Gasteiger partial charge in [-0.15, -0.1) is 0 Å². The Hall–Kier alpha value is -1.05. The quantitative estimate of drug-likeness (QED) is 0.632. The summed E-state index contributed by atoms with van der Waals surface area (Å²) in [6.45, 7) is 0. The minimum Gasteiger partial charge on any atom is -0.481 e. The zero-order valence-electron chi connectivity index (χ0n) is 8.48. The highest BCUT2D eigenvalue weighted by atomic mass is 16.4. The van der Waals surface area contributed by atoms with Gasteiger partial charge < -0.3 is 5.11 Å². The van der Waals surface area contributed by atoms with E-state index in [-0.39, 0.29) is 0 Å². The number of hydrogen-bond acceptors (Lipinski definition) is 1. The fourth-order valence-corrected chi connectivity index (χ4v) is 1.68. The van der Waals surface area contributed by atoms with E-state index in [1.165, 1.54) is 12.8 Å². The lowest BCUT2D eigenvalue weighted by Crippen LogP contribution is -1.94. The minimum absolute atomic E-state index is 0.323. The van der Waals surface area contributed by atoms with Crippen molar-refractivity contribution in [2.45, 2.75) is 38.5 Å². The summed E-state index contributed by atoms with van der Waals surface area (Å²) in [7, 11) is 0. The number of carbonyl (C=O) groups is 1. The van der Waals surface area contributed by atoms with Crippen LogP contribution >= 0.6 is 0 Å². The van der Waals surface area contributed by atoms with Crippen LogP contribution in [0.25, 0.3) is 0 Å². The molecule has 0 aromatic heterocycles. The van der Waals surface area contributed by atoms with E-state index in [1.807, 2.05) is 0 Å². The van der Waals surface area contributed by atoms with Crippen molar-refractivity contribution in [3.05, 3.63) is 24.3 Å². The molecule has 0 spiro atoms. The summed E-state index contributed by atoms with van der Waals surface area (Å²) < 4.78 is 0. The molecule has 0 aromatic carbocycles. The molecule has 0 radical (unpaired) electrons. The van der Waals surface area contributed by atoms with E-state index in [9.17, 15) is 4.79 Å². The van der Waals surface area contributed by atoms with Crippen molar-refractivity contribution in [2.75, 3.05) is 0 Å². The van der Waals surface area contributed by atoms with Crippen LogP contribution in [0.3, 0.4) is 0 Å². The van der Waals surface area contributed by atoms with Gasteiger partial charge in [0.2, 0.25) is 0 Å². The van der Waals surface area contributed by atoms with Crippen molar-refractivity contribution in [3.63, 3.8) is 0 Å². The number of rotatable bonds is 7. The first kappa shape index (κ1) is 11.0. The Kier molecular flexibility index (Phi) is 5.05. The molecule has 78 valence electrons. The van der Waals surface area contributed by atoms with Gasteiger partial charge in [-0.25, -0.2) is 0 Å². The Balaban J connectivity index is 1.87. The van der Waals surface area contributed by atoms with Crippen molar-refractivity contribution < 1.29 is 9.90 Å². The maximum absolute atomic E-state index is 10.2. The Morgan fingerprint density at radius 2 is 1.71 bits per heavy atom. The molecule has 1 rings (SSSR count). The SMILES string of the molecule is O=C(O)CCCCCCC1C=CC=C1.